The second kappa shape index (κ2) is 7.69. The van der Waals surface area contributed by atoms with Gasteiger partial charge in [0.1, 0.15) is 0 Å². The second-order valence-electron chi connectivity index (χ2n) is 8.39. The van der Waals surface area contributed by atoms with Gasteiger partial charge >= 0.3 is 0 Å². The lowest BCUT2D eigenvalue weighted by atomic mass is 9.98. The minimum absolute atomic E-state index is 0.0744. The largest absolute Gasteiger partial charge is 0.381 e. The fourth-order valence-electron chi connectivity index (χ4n) is 4.40. The van der Waals surface area contributed by atoms with Crippen LogP contribution in [-0.4, -0.2) is 45.8 Å². The second-order valence-corrected chi connectivity index (χ2v) is 8.39. The molecule has 0 radical (unpaired) electrons. The number of benzene rings is 1. The van der Waals surface area contributed by atoms with Crippen molar-refractivity contribution < 1.29 is 9.53 Å². The summed E-state index contributed by atoms with van der Waals surface area (Å²) in [5.74, 6) is 0.687. The van der Waals surface area contributed by atoms with Crippen LogP contribution in [0.2, 0.25) is 0 Å². The molecule has 6 heteroatoms. The highest BCUT2D eigenvalue weighted by molar-refractivity contribution is 5.99. The van der Waals surface area contributed by atoms with E-state index in [4.69, 9.17) is 9.72 Å². The van der Waals surface area contributed by atoms with Crippen molar-refractivity contribution in [2.75, 3.05) is 20.3 Å². The Morgan fingerprint density at radius 1 is 1.10 bits per heavy atom. The predicted molar refractivity (Wildman–Crippen MR) is 115 cm³/mol. The summed E-state index contributed by atoms with van der Waals surface area (Å²) in [5, 5.41) is 4.61. The molecule has 30 heavy (non-hydrogen) atoms. The number of rotatable bonds is 4. The van der Waals surface area contributed by atoms with Gasteiger partial charge in [-0.25, -0.2) is 0 Å². The van der Waals surface area contributed by atoms with Crippen molar-refractivity contribution in [1.82, 2.24) is 19.7 Å². The van der Waals surface area contributed by atoms with Crippen LogP contribution in [0.15, 0.2) is 42.7 Å². The molecule has 0 aliphatic carbocycles. The van der Waals surface area contributed by atoms with E-state index in [0.29, 0.717) is 12.5 Å². The fraction of sp³-hybridized carbons (Fsp3) is 0.375. The van der Waals surface area contributed by atoms with Gasteiger partial charge in [-0.3, -0.25) is 14.5 Å². The average Bonchev–Trinajstić information content (AvgIpc) is 3.33. The number of hydrogen-bond acceptors (Lipinski definition) is 4. The quantitative estimate of drug-likeness (QED) is 0.663. The van der Waals surface area contributed by atoms with Crippen LogP contribution in [0.1, 0.15) is 34.5 Å². The summed E-state index contributed by atoms with van der Waals surface area (Å²) in [4.78, 5) is 19.1. The molecule has 154 valence electrons. The topological polar surface area (TPSA) is 60.3 Å². The highest BCUT2D eigenvalue weighted by Gasteiger charge is 2.25. The van der Waals surface area contributed by atoms with Gasteiger partial charge in [0.25, 0.3) is 5.91 Å². The number of aromatic nitrogens is 3. The van der Waals surface area contributed by atoms with E-state index in [1.54, 1.807) is 4.90 Å². The molecular weight excluding hydrogens is 376 g/mol. The van der Waals surface area contributed by atoms with Crippen molar-refractivity contribution >= 4 is 5.91 Å². The van der Waals surface area contributed by atoms with Gasteiger partial charge < -0.3 is 9.64 Å². The lowest BCUT2D eigenvalue weighted by Crippen LogP contribution is -2.20. The van der Waals surface area contributed by atoms with Crippen LogP contribution in [0.3, 0.4) is 0 Å². The van der Waals surface area contributed by atoms with Gasteiger partial charge in [-0.2, -0.15) is 5.10 Å². The molecule has 2 aliphatic heterocycles. The molecule has 0 atom stereocenters. The molecule has 1 aromatic carbocycles. The van der Waals surface area contributed by atoms with Crippen molar-refractivity contribution in [2.45, 2.75) is 32.9 Å². The molecule has 1 fully saturated rings. The van der Waals surface area contributed by atoms with Crippen molar-refractivity contribution in [3.05, 3.63) is 59.5 Å². The zero-order valence-corrected chi connectivity index (χ0v) is 17.5. The van der Waals surface area contributed by atoms with Gasteiger partial charge in [0.15, 0.2) is 0 Å². The van der Waals surface area contributed by atoms with E-state index in [-0.39, 0.29) is 5.91 Å². The maximum Gasteiger partial charge on any atom is 0.254 e. The molecule has 0 spiro atoms. The average molecular weight is 402 g/mol. The number of aryl methyl sites for hydroxylation is 1. The summed E-state index contributed by atoms with van der Waals surface area (Å²) in [6.07, 6.45) is 6.20. The minimum Gasteiger partial charge on any atom is -0.381 e. The maximum atomic E-state index is 12.5. The number of ether oxygens (including phenoxy) is 1. The van der Waals surface area contributed by atoms with Crippen LogP contribution < -0.4 is 0 Å². The number of hydrogen-bond donors (Lipinski definition) is 0. The highest BCUT2D eigenvalue weighted by Crippen LogP contribution is 2.33. The molecule has 1 amide bonds. The van der Waals surface area contributed by atoms with Gasteiger partial charge in [0.2, 0.25) is 0 Å². The zero-order valence-electron chi connectivity index (χ0n) is 17.5. The third kappa shape index (κ3) is 3.52. The monoisotopic (exact) mass is 402 g/mol. The van der Waals surface area contributed by atoms with Crippen LogP contribution in [0.4, 0.5) is 0 Å². The number of fused-ring (bicyclic) bond motifs is 1. The summed E-state index contributed by atoms with van der Waals surface area (Å²) in [5.41, 5.74) is 6.75. The van der Waals surface area contributed by atoms with Crippen LogP contribution in [0.25, 0.3) is 22.4 Å². The van der Waals surface area contributed by atoms with Crippen LogP contribution in [0, 0.1) is 12.8 Å². The van der Waals surface area contributed by atoms with E-state index in [2.05, 4.69) is 29.5 Å². The first kappa shape index (κ1) is 19.0. The first-order valence-corrected chi connectivity index (χ1v) is 10.6. The molecule has 0 bridgehead atoms. The highest BCUT2D eigenvalue weighted by atomic mass is 16.5. The normalized spacial score (nSPS) is 16.9. The van der Waals surface area contributed by atoms with E-state index in [1.807, 2.05) is 37.0 Å². The molecular formula is C24H26N4O2. The van der Waals surface area contributed by atoms with Gasteiger partial charge in [-0.1, -0.05) is 18.2 Å². The molecule has 4 heterocycles. The lowest BCUT2D eigenvalue weighted by molar-refractivity contribution is 0.0601. The van der Waals surface area contributed by atoms with Gasteiger partial charge in [-0.15, -0.1) is 0 Å². The molecule has 0 unspecified atom stereocenters. The zero-order chi connectivity index (χ0) is 20.7. The Hall–Kier alpha value is -2.99. The molecule has 5 rings (SSSR count). The molecule has 2 aromatic heterocycles. The first-order chi connectivity index (χ1) is 14.6. The van der Waals surface area contributed by atoms with Crippen LogP contribution >= 0.6 is 0 Å². The Morgan fingerprint density at radius 2 is 1.93 bits per heavy atom. The summed E-state index contributed by atoms with van der Waals surface area (Å²) < 4.78 is 7.51. The molecule has 0 saturated carbocycles. The molecule has 3 aromatic rings. The molecule has 2 aliphatic rings. The SMILES string of the molecule is Cc1ccc(-c2cnn(CC3CCOCC3)c2)c(-c2ccc3c(c2)C(=O)N(C)C3)n1. The van der Waals surface area contributed by atoms with Crippen molar-refractivity contribution in [1.29, 1.82) is 0 Å². The summed E-state index contributed by atoms with van der Waals surface area (Å²) in [6.45, 7) is 5.27. The Morgan fingerprint density at radius 3 is 2.77 bits per heavy atom. The van der Waals surface area contributed by atoms with E-state index in [9.17, 15) is 4.79 Å². The number of pyridine rings is 1. The Kier molecular flexibility index (Phi) is 4.87. The Labute approximate surface area is 176 Å². The Bertz CT molecular complexity index is 1100. The third-order valence-electron chi connectivity index (χ3n) is 6.13. The number of amides is 1. The number of carbonyl (C=O) groups is 1. The van der Waals surface area contributed by atoms with Crippen molar-refractivity contribution in [2.24, 2.45) is 5.92 Å². The molecule has 0 N–H and O–H groups in total. The fourth-order valence-corrected chi connectivity index (χ4v) is 4.40. The van der Waals surface area contributed by atoms with Gasteiger partial charge in [0.05, 0.1) is 11.9 Å². The third-order valence-corrected chi connectivity index (χ3v) is 6.13. The molecule has 6 nitrogen and oxygen atoms in total. The standard InChI is InChI=1S/C24H26N4O2/c1-16-3-6-21(20-12-25-28(15-20)13-17-7-9-30-10-8-17)23(26-16)18-4-5-19-14-27(2)24(29)22(19)11-18/h3-6,11-12,15,17H,7-10,13-14H2,1-2H3. The summed E-state index contributed by atoms with van der Waals surface area (Å²) in [6, 6.07) is 10.2. The minimum atomic E-state index is 0.0744. The van der Waals surface area contributed by atoms with E-state index >= 15 is 0 Å². The predicted octanol–water partition coefficient (Wildman–Crippen LogP) is 3.93. The van der Waals surface area contributed by atoms with E-state index < -0.39 is 0 Å². The van der Waals surface area contributed by atoms with Gasteiger partial charge in [-0.05, 0) is 43.4 Å². The van der Waals surface area contributed by atoms with Crippen LogP contribution in [0.5, 0.6) is 0 Å². The van der Waals surface area contributed by atoms with Crippen molar-refractivity contribution in [3.63, 3.8) is 0 Å². The lowest BCUT2D eigenvalue weighted by Gasteiger charge is -2.21. The first-order valence-electron chi connectivity index (χ1n) is 10.6. The molecule has 1 saturated heterocycles. The van der Waals surface area contributed by atoms with Gasteiger partial charge in [0, 0.05) is 67.5 Å². The van der Waals surface area contributed by atoms with Crippen molar-refractivity contribution in [3.8, 4) is 22.4 Å². The van der Waals surface area contributed by atoms with E-state index in [0.717, 1.165) is 71.8 Å². The smallest absolute Gasteiger partial charge is 0.254 e. The van der Waals surface area contributed by atoms with Crippen LogP contribution in [-0.2, 0) is 17.8 Å². The Balaban J connectivity index is 1.49. The summed E-state index contributed by atoms with van der Waals surface area (Å²) >= 11 is 0. The van der Waals surface area contributed by atoms with E-state index in [1.165, 1.54) is 0 Å². The summed E-state index contributed by atoms with van der Waals surface area (Å²) in [7, 11) is 1.84. The maximum absolute atomic E-state index is 12.5. The number of nitrogens with zero attached hydrogens (tertiary/aromatic N) is 4. The number of carbonyl (C=O) groups excluding carboxylic acids is 1.